The van der Waals surface area contributed by atoms with Gasteiger partial charge in [-0.2, -0.15) is 0 Å². The van der Waals surface area contributed by atoms with Crippen molar-refractivity contribution in [2.75, 3.05) is 47.9 Å². The standard InChI is InChI=1S/C24H34N2O4S.3CH5N/c1-3-19(22-10-11-23(31-22)24(29)26(2)12-14-28)8-6-18-7-9-21(20(16-18)17-25)30-15-5-4-13-27;3*1-2/h7,9-11,14,16,19,27H,3-6,8,12-13,15,17,25H2,1-2H3;3*2H2,1H3. The molecule has 1 aromatic carbocycles. The van der Waals surface area contributed by atoms with Gasteiger partial charge in [0.2, 0.25) is 0 Å². The van der Waals surface area contributed by atoms with Gasteiger partial charge in [-0.1, -0.05) is 19.1 Å². The lowest BCUT2D eigenvalue weighted by molar-refractivity contribution is -0.108. The molecule has 0 aliphatic heterocycles. The molecule has 1 heterocycles. The quantitative estimate of drug-likeness (QED) is 0.180. The number of aliphatic hydroxyl groups excluding tert-OH is 1. The first-order valence-electron chi connectivity index (χ1n) is 12.6. The summed E-state index contributed by atoms with van der Waals surface area (Å²) < 4.78 is 5.82. The van der Waals surface area contributed by atoms with E-state index in [-0.39, 0.29) is 19.1 Å². The van der Waals surface area contributed by atoms with E-state index in [0.717, 1.165) is 49.7 Å². The summed E-state index contributed by atoms with van der Waals surface area (Å²) in [5.74, 6) is 1.08. The first-order chi connectivity index (χ1) is 18.0. The normalized spacial score (nSPS) is 10.4. The highest BCUT2D eigenvalue weighted by atomic mass is 32.1. The summed E-state index contributed by atoms with van der Waals surface area (Å²) in [6.45, 7) is 3.45. The number of amides is 1. The van der Waals surface area contributed by atoms with Crippen LogP contribution in [0.25, 0.3) is 0 Å². The van der Waals surface area contributed by atoms with Gasteiger partial charge in [-0.3, -0.25) is 4.79 Å². The summed E-state index contributed by atoms with van der Waals surface area (Å²) in [6.07, 6.45) is 5.18. The number of aldehydes is 1. The number of hydrogen-bond acceptors (Lipinski definition) is 9. The van der Waals surface area contributed by atoms with Gasteiger partial charge < -0.3 is 42.5 Å². The van der Waals surface area contributed by atoms with Gasteiger partial charge in [-0.15, -0.1) is 11.3 Å². The number of nitrogens with zero attached hydrogens (tertiary/aromatic N) is 1. The maximum absolute atomic E-state index is 12.4. The largest absolute Gasteiger partial charge is 0.493 e. The predicted octanol–water partition coefficient (Wildman–Crippen LogP) is 2.48. The zero-order valence-corrected chi connectivity index (χ0v) is 24.1. The smallest absolute Gasteiger partial charge is 0.264 e. The van der Waals surface area contributed by atoms with Gasteiger partial charge in [0.05, 0.1) is 18.0 Å². The van der Waals surface area contributed by atoms with E-state index in [0.29, 0.717) is 23.9 Å². The molecule has 9 N–H and O–H groups in total. The Morgan fingerprint density at radius 1 is 1.11 bits per heavy atom. The molecule has 212 valence electrons. The van der Waals surface area contributed by atoms with Gasteiger partial charge in [0.25, 0.3) is 5.91 Å². The SMILES string of the molecule is CCC(CCc1ccc(OCCCCO)c(CN)c1)c1ccc(C(=O)N(C)CC=O)s1.CN.CN.CN. The minimum absolute atomic E-state index is 0.105. The third-order valence-electron chi connectivity index (χ3n) is 5.36. The fraction of sp³-hybridized carbons (Fsp3) is 0.556. The molecule has 9 nitrogen and oxygen atoms in total. The number of hydrogen-bond donors (Lipinski definition) is 5. The molecule has 37 heavy (non-hydrogen) atoms. The van der Waals surface area contributed by atoms with Crippen LogP contribution >= 0.6 is 11.3 Å². The van der Waals surface area contributed by atoms with Crippen LogP contribution in [-0.4, -0.2) is 70.1 Å². The van der Waals surface area contributed by atoms with Gasteiger partial charge >= 0.3 is 0 Å². The van der Waals surface area contributed by atoms with E-state index >= 15 is 0 Å². The maximum atomic E-state index is 12.4. The lowest BCUT2D eigenvalue weighted by Crippen LogP contribution is -2.27. The number of aryl methyl sites for hydroxylation is 1. The van der Waals surface area contributed by atoms with Gasteiger partial charge in [0, 0.05) is 30.6 Å². The zero-order valence-electron chi connectivity index (χ0n) is 23.2. The molecule has 2 aromatic rings. The van der Waals surface area contributed by atoms with Crippen molar-refractivity contribution in [3.8, 4) is 5.75 Å². The molecule has 0 radical (unpaired) electrons. The molecule has 1 atom stereocenters. The second-order valence-corrected chi connectivity index (χ2v) is 8.74. The van der Waals surface area contributed by atoms with Crippen molar-refractivity contribution in [2.24, 2.45) is 22.9 Å². The van der Waals surface area contributed by atoms with Gasteiger partial charge in [-0.05, 0) is 82.9 Å². The van der Waals surface area contributed by atoms with Crippen LogP contribution in [0.2, 0.25) is 0 Å². The molecule has 0 fully saturated rings. The van der Waals surface area contributed by atoms with Crippen molar-refractivity contribution in [3.63, 3.8) is 0 Å². The molecule has 0 bridgehead atoms. The van der Waals surface area contributed by atoms with Crippen molar-refractivity contribution < 1.29 is 19.4 Å². The summed E-state index contributed by atoms with van der Waals surface area (Å²) >= 11 is 1.52. The van der Waals surface area contributed by atoms with Crippen LogP contribution in [0.1, 0.15) is 64.2 Å². The molecule has 10 heteroatoms. The van der Waals surface area contributed by atoms with Crippen LogP contribution in [-0.2, 0) is 17.8 Å². The van der Waals surface area contributed by atoms with Crippen LogP contribution < -0.4 is 27.7 Å². The summed E-state index contributed by atoms with van der Waals surface area (Å²) in [5, 5.41) is 8.88. The second-order valence-electron chi connectivity index (χ2n) is 7.62. The Morgan fingerprint density at radius 2 is 1.78 bits per heavy atom. The number of aliphatic hydroxyl groups is 1. The predicted molar refractivity (Wildman–Crippen MR) is 155 cm³/mol. The van der Waals surface area contributed by atoms with Crippen LogP contribution in [0.3, 0.4) is 0 Å². The number of rotatable bonds is 14. The number of carbonyl (C=O) groups is 2. The molecule has 1 unspecified atom stereocenters. The molecule has 2 rings (SSSR count). The minimum atomic E-state index is -0.111. The summed E-state index contributed by atoms with van der Waals surface area (Å²) in [6, 6.07) is 10.1. The van der Waals surface area contributed by atoms with Crippen molar-refractivity contribution in [1.29, 1.82) is 0 Å². The molecule has 0 spiro atoms. The van der Waals surface area contributed by atoms with Gasteiger partial charge in [-0.25, -0.2) is 0 Å². The Kier molecular flexibility index (Phi) is 23.9. The number of nitrogens with two attached hydrogens (primary N) is 4. The lowest BCUT2D eigenvalue weighted by atomic mass is 9.95. The molecule has 0 aliphatic carbocycles. The molecule has 1 amide bonds. The van der Waals surface area contributed by atoms with Crippen LogP contribution in [0, 0.1) is 0 Å². The first kappa shape index (κ1) is 36.8. The number of ether oxygens (including phenoxy) is 1. The minimum Gasteiger partial charge on any atom is -0.493 e. The summed E-state index contributed by atoms with van der Waals surface area (Å²) in [7, 11) is 6.14. The molecular formula is C27H49N5O4S. The molecular weight excluding hydrogens is 490 g/mol. The van der Waals surface area contributed by atoms with E-state index in [1.807, 2.05) is 18.2 Å². The van der Waals surface area contributed by atoms with Crippen LogP contribution in [0.5, 0.6) is 5.75 Å². The van der Waals surface area contributed by atoms with Crippen LogP contribution in [0.15, 0.2) is 30.3 Å². The highest BCUT2D eigenvalue weighted by Crippen LogP contribution is 2.32. The average Bonchev–Trinajstić information content (AvgIpc) is 3.45. The van der Waals surface area contributed by atoms with E-state index in [4.69, 9.17) is 15.6 Å². The Hall–Kier alpha value is -2.34. The molecule has 0 aliphatic rings. The highest BCUT2D eigenvalue weighted by molar-refractivity contribution is 7.14. The summed E-state index contributed by atoms with van der Waals surface area (Å²) in [4.78, 5) is 26.4. The van der Waals surface area contributed by atoms with Gasteiger partial charge in [0.15, 0.2) is 0 Å². The third kappa shape index (κ3) is 13.7. The summed E-state index contributed by atoms with van der Waals surface area (Å²) in [5.41, 5.74) is 21.6. The van der Waals surface area contributed by atoms with E-state index in [1.165, 1.54) is 47.8 Å². The van der Waals surface area contributed by atoms with E-state index in [2.05, 4.69) is 36.3 Å². The monoisotopic (exact) mass is 539 g/mol. The highest BCUT2D eigenvalue weighted by Gasteiger charge is 2.18. The fourth-order valence-electron chi connectivity index (χ4n) is 3.44. The maximum Gasteiger partial charge on any atom is 0.264 e. The van der Waals surface area contributed by atoms with Crippen molar-refractivity contribution >= 4 is 23.5 Å². The number of unbranched alkanes of at least 4 members (excludes halogenated alkanes) is 1. The first-order valence-corrected chi connectivity index (χ1v) is 13.4. The number of thiophene rings is 1. The Balaban J connectivity index is 0. The van der Waals surface area contributed by atoms with E-state index < -0.39 is 0 Å². The molecule has 0 saturated heterocycles. The number of likely N-dealkylation sites (N-methyl/N-ethyl adjacent to an activating group) is 1. The Bertz CT molecular complexity index is 848. The van der Waals surface area contributed by atoms with Crippen molar-refractivity contribution in [3.05, 3.63) is 51.2 Å². The Morgan fingerprint density at radius 3 is 2.35 bits per heavy atom. The molecule has 0 saturated carbocycles. The third-order valence-corrected chi connectivity index (χ3v) is 6.60. The van der Waals surface area contributed by atoms with E-state index in [9.17, 15) is 9.59 Å². The lowest BCUT2D eigenvalue weighted by Gasteiger charge is -2.15. The number of carbonyl (C=O) groups excluding carboxylic acids is 2. The number of benzene rings is 1. The Labute approximate surface area is 227 Å². The van der Waals surface area contributed by atoms with E-state index in [1.54, 1.807) is 7.05 Å². The second kappa shape index (κ2) is 24.0. The van der Waals surface area contributed by atoms with Crippen molar-refractivity contribution in [2.45, 2.75) is 51.5 Å². The topological polar surface area (TPSA) is 171 Å². The van der Waals surface area contributed by atoms with Gasteiger partial charge in [0.1, 0.15) is 12.0 Å². The fourth-order valence-corrected chi connectivity index (χ4v) is 4.66. The van der Waals surface area contributed by atoms with Crippen LogP contribution in [0.4, 0.5) is 0 Å². The average molecular weight is 540 g/mol. The molecule has 1 aromatic heterocycles. The van der Waals surface area contributed by atoms with Crippen molar-refractivity contribution in [1.82, 2.24) is 4.90 Å². The zero-order chi connectivity index (χ0) is 28.6.